The first-order valence-electron chi connectivity index (χ1n) is 5.20. The first kappa shape index (κ1) is 10.6. The fraction of sp³-hybridized carbons (Fsp3) is 0.600. The van der Waals surface area contributed by atoms with Gasteiger partial charge < -0.3 is 10.6 Å². The summed E-state index contributed by atoms with van der Waals surface area (Å²) < 4.78 is 0. The number of carbonyl (C=O) groups excluding carboxylic acids is 1. The highest BCUT2D eigenvalue weighted by Crippen LogP contribution is 2.12. The standard InChI is InChI=1S/C10H15N3OS/c1-7-12-6-9(15-7)10(14)13-8-3-2-4-11-5-8/h6,8,11H,2-5H2,1H3,(H,13,14)/t8-/m1/s1. The molecule has 1 aliphatic heterocycles. The van der Waals surface area contributed by atoms with Gasteiger partial charge in [-0.2, -0.15) is 0 Å². The summed E-state index contributed by atoms with van der Waals surface area (Å²) >= 11 is 1.44. The lowest BCUT2D eigenvalue weighted by Crippen LogP contribution is -2.45. The minimum Gasteiger partial charge on any atom is -0.347 e. The number of aromatic nitrogens is 1. The number of aryl methyl sites for hydroxylation is 1. The lowest BCUT2D eigenvalue weighted by atomic mass is 10.1. The molecule has 0 aromatic carbocycles. The second kappa shape index (κ2) is 4.72. The molecule has 0 unspecified atom stereocenters. The van der Waals surface area contributed by atoms with Crippen molar-refractivity contribution >= 4 is 17.2 Å². The van der Waals surface area contributed by atoms with Crippen LogP contribution in [0.4, 0.5) is 0 Å². The van der Waals surface area contributed by atoms with Crippen molar-refractivity contribution in [3.05, 3.63) is 16.1 Å². The van der Waals surface area contributed by atoms with Crippen molar-refractivity contribution in [1.29, 1.82) is 0 Å². The fourth-order valence-electron chi connectivity index (χ4n) is 1.70. The van der Waals surface area contributed by atoms with Gasteiger partial charge in [0.15, 0.2) is 0 Å². The van der Waals surface area contributed by atoms with Crippen LogP contribution in [0.1, 0.15) is 27.5 Å². The van der Waals surface area contributed by atoms with Crippen LogP contribution in [0.2, 0.25) is 0 Å². The molecule has 0 radical (unpaired) electrons. The van der Waals surface area contributed by atoms with Crippen LogP contribution in [0.25, 0.3) is 0 Å². The van der Waals surface area contributed by atoms with Gasteiger partial charge in [-0.15, -0.1) is 11.3 Å². The van der Waals surface area contributed by atoms with Gasteiger partial charge in [0.25, 0.3) is 5.91 Å². The van der Waals surface area contributed by atoms with E-state index in [1.54, 1.807) is 6.20 Å². The van der Waals surface area contributed by atoms with E-state index in [-0.39, 0.29) is 11.9 Å². The number of thiazole rings is 1. The molecule has 4 nitrogen and oxygen atoms in total. The minimum atomic E-state index is 0.00861. The topological polar surface area (TPSA) is 54.0 Å². The zero-order chi connectivity index (χ0) is 10.7. The smallest absolute Gasteiger partial charge is 0.263 e. The molecule has 1 amide bonds. The molecule has 2 N–H and O–H groups in total. The first-order chi connectivity index (χ1) is 7.25. The van der Waals surface area contributed by atoms with Gasteiger partial charge in [-0.1, -0.05) is 0 Å². The normalized spacial score (nSPS) is 21.3. The molecular formula is C10H15N3OS. The number of nitrogens with zero attached hydrogens (tertiary/aromatic N) is 1. The monoisotopic (exact) mass is 225 g/mol. The maximum Gasteiger partial charge on any atom is 0.263 e. The third-order valence-electron chi connectivity index (χ3n) is 2.48. The Bertz CT molecular complexity index is 344. The molecule has 1 atom stereocenters. The first-order valence-corrected chi connectivity index (χ1v) is 6.01. The Hall–Kier alpha value is -0.940. The van der Waals surface area contributed by atoms with Crippen molar-refractivity contribution in [3.8, 4) is 0 Å². The third-order valence-corrected chi connectivity index (χ3v) is 3.39. The SMILES string of the molecule is Cc1ncc(C(=O)N[C@@H]2CCCNC2)s1. The Balaban J connectivity index is 1.91. The summed E-state index contributed by atoms with van der Waals surface area (Å²) in [5.41, 5.74) is 0. The quantitative estimate of drug-likeness (QED) is 0.787. The molecule has 1 aromatic rings. The van der Waals surface area contributed by atoms with E-state index in [4.69, 9.17) is 0 Å². The number of carbonyl (C=O) groups is 1. The Kier molecular flexibility index (Phi) is 3.33. The van der Waals surface area contributed by atoms with Gasteiger partial charge in [-0.25, -0.2) is 4.98 Å². The van der Waals surface area contributed by atoms with Crippen molar-refractivity contribution in [1.82, 2.24) is 15.6 Å². The number of hydrogen-bond acceptors (Lipinski definition) is 4. The second-order valence-electron chi connectivity index (χ2n) is 3.76. The molecule has 0 aliphatic carbocycles. The molecule has 15 heavy (non-hydrogen) atoms. The van der Waals surface area contributed by atoms with Gasteiger partial charge >= 0.3 is 0 Å². The van der Waals surface area contributed by atoms with Crippen LogP contribution < -0.4 is 10.6 Å². The molecule has 82 valence electrons. The van der Waals surface area contributed by atoms with Crippen molar-refractivity contribution < 1.29 is 4.79 Å². The molecule has 1 aliphatic rings. The van der Waals surface area contributed by atoms with E-state index in [9.17, 15) is 4.79 Å². The van der Waals surface area contributed by atoms with Crippen LogP contribution in [-0.4, -0.2) is 30.0 Å². The van der Waals surface area contributed by atoms with E-state index in [0.717, 1.165) is 30.9 Å². The van der Waals surface area contributed by atoms with Crippen LogP contribution in [0.5, 0.6) is 0 Å². The van der Waals surface area contributed by atoms with Gasteiger partial charge in [0.05, 0.1) is 11.2 Å². The Morgan fingerprint density at radius 2 is 2.60 bits per heavy atom. The molecule has 0 saturated carbocycles. The second-order valence-corrected chi connectivity index (χ2v) is 5.00. The number of nitrogens with one attached hydrogen (secondary N) is 2. The van der Waals surface area contributed by atoms with Gasteiger partial charge in [-0.05, 0) is 26.3 Å². The fourth-order valence-corrected chi connectivity index (χ4v) is 2.38. The van der Waals surface area contributed by atoms with Crippen molar-refractivity contribution in [2.45, 2.75) is 25.8 Å². The maximum absolute atomic E-state index is 11.8. The molecule has 5 heteroatoms. The van der Waals surface area contributed by atoms with Crippen LogP contribution in [-0.2, 0) is 0 Å². The highest BCUT2D eigenvalue weighted by atomic mass is 32.1. The predicted molar refractivity (Wildman–Crippen MR) is 60.2 cm³/mol. The van der Waals surface area contributed by atoms with Crippen LogP contribution in [0, 0.1) is 6.92 Å². The average Bonchev–Trinajstić information content (AvgIpc) is 2.66. The Morgan fingerprint density at radius 1 is 1.73 bits per heavy atom. The molecule has 1 aromatic heterocycles. The van der Waals surface area contributed by atoms with E-state index in [1.165, 1.54) is 11.3 Å². The molecular weight excluding hydrogens is 210 g/mol. The van der Waals surface area contributed by atoms with Crippen molar-refractivity contribution in [3.63, 3.8) is 0 Å². The zero-order valence-corrected chi connectivity index (χ0v) is 9.56. The predicted octanol–water partition coefficient (Wildman–Crippen LogP) is 0.933. The molecule has 1 saturated heterocycles. The number of piperidine rings is 1. The van der Waals surface area contributed by atoms with Gasteiger partial charge in [-0.3, -0.25) is 4.79 Å². The van der Waals surface area contributed by atoms with E-state index >= 15 is 0 Å². The Morgan fingerprint density at radius 3 is 3.20 bits per heavy atom. The number of rotatable bonds is 2. The van der Waals surface area contributed by atoms with Crippen LogP contribution in [0.3, 0.4) is 0 Å². The van der Waals surface area contributed by atoms with Gasteiger partial charge in [0.2, 0.25) is 0 Å². The highest BCUT2D eigenvalue weighted by molar-refractivity contribution is 7.13. The molecule has 0 spiro atoms. The summed E-state index contributed by atoms with van der Waals surface area (Å²) in [7, 11) is 0. The van der Waals surface area contributed by atoms with Gasteiger partial charge in [0, 0.05) is 12.6 Å². The summed E-state index contributed by atoms with van der Waals surface area (Å²) in [6, 6.07) is 0.272. The molecule has 0 bridgehead atoms. The van der Waals surface area contributed by atoms with E-state index in [2.05, 4.69) is 15.6 Å². The summed E-state index contributed by atoms with van der Waals surface area (Å²) in [6.45, 7) is 3.85. The average molecular weight is 225 g/mol. The maximum atomic E-state index is 11.8. The van der Waals surface area contributed by atoms with Gasteiger partial charge in [0.1, 0.15) is 4.88 Å². The summed E-state index contributed by atoms with van der Waals surface area (Å²) in [5.74, 6) is 0.00861. The zero-order valence-electron chi connectivity index (χ0n) is 8.75. The summed E-state index contributed by atoms with van der Waals surface area (Å²) in [4.78, 5) is 16.5. The van der Waals surface area contributed by atoms with Crippen LogP contribution >= 0.6 is 11.3 Å². The van der Waals surface area contributed by atoms with E-state index in [0.29, 0.717) is 4.88 Å². The summed E-state index contributed by atoms with van der Waals surface area (Å²) in [6.07, 6.45) is 3.84. The van der Waals surface area contributed by atoms with E-state index in [1.807, 2.05) is 6.92 Å². The molecule has 2 heterocycles. The molecule has 2 rings (SSSR count). The van der Waals surface area contributed by atoms with E-state index < -0.39 is 0 Å². The largest absolute Gasteiger partial charge is 0.347 e. The van der Waals surface area contributed by atoms with Crippen molar-refractivity contribution in [2.24, 2.45) is 0 Å². The lowest BCUT2D eigenvalue weighted by Gasteiger charge is -2.23. The number of hydrogen-bond donors (Lipinski definition) is 2. The Labute approximate surface area is 93.1 Å². The summed E-state index contributed by atoms with van der Waals surface area (Å²) in [5, 5.41) is 7.22. The van der Waals surface area contributed by atoms with Crippen LogP contribution in [0.15, 0.2) is 6.20 Å². The minimum absolute atomic E-state index is 0.00861. The lowest BCUT2D eigenvalue weighted by molar-refractivity contribution is 0.0934. The third kappa shape index (κ3) is 2.76. The molecule has 1 fully saturated rings. The highest BCUT2D eigenvalue weighted by Gasteiger charge is 2.17. The van der Waals surface area contributed by atoms with Crippen molar-refractivity contribution in [2.75, 3.05) is 13.1 Å². The number of amides is 1.